The molecule has 1 saturated heterocycles. The molecule has 1 aromatic rings. The summed E-state index contributed by atoms with van der Waals surface area (Å²) in [5.74, 6) is -1.37. The number of nitrogen functional groups attached to an aromatic ring is 1. The zero-order valence-corrected chi connectivity index (χ0v) is 29.6. The zero-order chi connectivity index (χ0) is 30.9. The zero-order valence-electron chi connectivity index (χ0n) is 26.7. The van der Waals surface area contributed by atoms with E-state index in [0.717, 1.165) is 0 Å². The van der Waals surface area contributed by atoms with Gasteiger partial charge in [0.05, 0.1) is 13.2 Å². The molecule has 0 aliphatic carbocycles. The number of aromatic nitrogens is 2. The Bertz CT molecular complexity index is 1110. The van der Waals surface area contributed by atoms with Crippen LogP contribution < -0.4 is 11.4 Å². The Hall–Kier alpha value is -0.896. The van der Waals surface area contributed by atoms with Crippen molar-refractivity contribution in [3.63, 3.8) is 0 Å². The molecule has 14 heteroatoms. The summed E-state index contributed by atoms with van der Waals surface area (Å²) in [4.78, 5) is 17.0. The first-order chi connectivity index (χ1) is 18.0. The highest BCUT2D eigenvalue weighted by Crippen LogP contribution is 2.53. The van der Waals surface area contributed by atoms with E-state index in [0.29, 0.717) is 0 Å². The van der Waals surface area contributed by atoms with Crippen LogP contribution in [0.4, 0.5) is 5.82 Å². The molecule has 232 valence electrons. The van der Waals surface area contributed by atoms with E-state index in [1.165, 1.54) is 16.8 Å². The molecular weight excluding hydrogens is 569 g/mol. The van der Waals surface area contributed by atoms with E-state index in [4.69, 9.17) is 33.1 Å². The second-order valence-corrected chi connectivity index (χ2v) is 24.9. The van der Waals surface area contributed by atoms with Crippen molar-refractivity contribution in [3.05, 3.63) is 22.7 Å². The van der Waals surface area contributed by atoms with E-state index < -0.39 is 54.1 Å². The summed E-state index contributed by atoms with van der Waals surface area (Å²) in [5, 5.41) is -0.304. The summed E-state index contributed by atoms with van der Waals surface area (Å²) in [6.45, 7) is 26.9. The minimum absolute atomic E-state index is 0.101. The Morgan fingerprint density at radius 1 is 1.02 bits per heavy atom. The highest BCUT2D eigenvalue weighted by molar-refractivity contribution is 7.53. The number of hydrogen-bond acceptors (Lipinski definition) is 10. The van der Waals surface area contributed by atoms with Gasteiger partial charge in [-0.25, -0.2) is 4.79 Å². The number of hydrogen-bond donors (Lipinski definition) is 1. The van der Waals surface area contributed by atoms with Gasteiger partial charge in [0.2, 0.25) is 0 Å². The molecule has 0 bridgehead atoms. The maximum Gasteiger partial charge on any atom is 0.356 e. The normalized spacial score (nSPS) is 25.0. The minimum atomic E-state index is -3.60. The van der Waals surface area contributed by atoms with Gasteiger partial charge in [-0.3, -0.25) is 9.13 Å². The Kier molecular flexibility index (Phi) is 10.9. The van der Waals surface area contributed by atoms with Gasteiger partial charge in [0.15, 0.2) is 35.0 Å². The van der Waals surface area contributed by atoms with Gasteiger partial charge < -0.3 is 33.1 Å². The third-order valence-electron chi connectivity index (χ3n) is 8.20. The third kappa shape index (κ3) is 7.93. The molecule has 1 aliphatic heterocycles. The predicted molar refractivity (Wildman–Crippen MR) is 162 cm³/mol. The fourth-order valence-corrected chi connectivity index (χ4v) is 7.83. The van der Waals surface area contributed by atoms with Crippen molar-refractivity contribution in [1.29, 1.82) is 0 Å². The van der Waals surface area contributed by atoms with Crippen LogP contribution in [0.25, 0.3) is 0 Å². The van der Waals surface area contributed by atoms with Crippen molar-refractivity contribution < 1.29 is 31.9 Å². The van der Waals surface area contributed by atoms with Crippen LogP contribution in [-0.2, 0) is 31.9 Å². The van der Waals surface area contributed by atoms with Crippen LogP contribution in [-0.4, -0.2) is 63.7 Å². The average molecular weight is 622 g/mol. The maximum absolute atomic E-state index is 13.4. The van der Waals surface area contributed by atoms with E-state index in [1.54, 1.807) is 20.8 Å². The maximum atomic E-state index is 13.4. The van der Waals surface area contributed by atoms with Crippen LogP contribution in [0.2, 0.25) is 36.3 Å². The molecule has 0 saturated carbocycles. The second kappa shape index (κ2) is 12.4. The molecule has 40 heavy (non-hydrogen) atoms. The number of nitrogens with two attached hydrogens (primary N) is 1. The Morgan fingerprint density at radius 3 is 1.98 bits per heavy atom. The average Bonchev–Trinajstić information content (AvgIpc) is 3.02. The van der Waals surface area contributed by atoms with E-state index in [1.807, 2.05) is 0 Å². The van der Waals surface area contributed by atoms with Crippen molar-refractivity contribution >= 4 is 30.0 Å². The minimum Gasteiger partial charge on any atom is -0.406 e. The smallest absolute Gasteiger partial charge is 0.356 e. The number of ether oxygens (including phenoxy) is 2. The van der Waals surface area contributed by atoms with Gasteiger partial charge in [-0.15, -0.1) is 0 Å². The lowest BCUT2D eigenvalue weighted by molar-refractivity contribution is -0.246. The lowest BCUT2D eigenvalue weighted by atomic mass is 10.1. The quantitative estimate of drug-likeness (QED) is 0.216. The third-order valence-corrected chi connectivity index (χ3v) is 18.9. The molecule has 0 aromatic carbocycles. The molecule has 1 fully saturated rings. The first kappa shape index (κ1) is 35.3. The van der Waals surface area contributed by atoms with Crippen LogP contribution in [0.1, 0.15) is 68.5 Å². The molecule has 0 amide bonds. The van der Waals surface area contributed by atoms with Gasteiger partial charge >= 0.3 is 13.3 Å². The van der Waals surface area contributed by atoms with E-state index in [9.17, 15) is 9.36 Å². The van der Waals surface area contributed by atoms with E-state index in [-0.39, 0.29) is 35.5 Å². The lowest BCUT2D eigenvalue weighted by Crippen LogP contribution is -2.56. The number of anilines is 1. The first-order valence-electron chi connectivity index (χ1n) is 13.9. The highest BCUT2D eigenvalue weighted by atomic mass is 31.2. The standard InChI is InChI=1S/C26H52N3O8PSi2/c1-14-33-38(31,34-15-2)18-32-26(9)21(37-40(12,13)25(6,7)8)20(36-39(10,11)24(3,4)5)22(35-26)29-17-16-19(27)28-23(29)30/h16-17,20-22H,14-15,18H2,1-13H3,(H2,27,28,30)/t20-,21+,22-,26+/m1/s1. The van der Waals surface area contributed by atoms with Crippen molar-refractivity contribution in [2.24, 2.45) is 0 Å². The fourth-order valence-electron chi connectivity index (χ4n) is 3.79. The number of rotatable bonds is 12. The molecule has 0 unspecified atom stereocenters. The Labute approximate surface area is 242 Å². The molecule has 2 heterocycles. The van der Waals surface area contributed by atoms with E-state index >= 15 is 0 Å². The molecule has 4 atom stereocenters. The van der Waals surface area contributed by atoms with E-state index in [2.05, 4.69) is 72.7 Å². The predicted octanol–water partition coefficient (Wildman–Crippen LogP) is 6.09. The van der Waals surface area contributed by atoms with Crippen LogP contribution in [0, 0.1) is 0 Å². The van der Waals surface area contributed by atoms with Gasteiger partial charge in [0, 0.05) is 6.20 Å². The van der Waals surface area contributed by atoms with Gasteiger partial charge in [-0.05, 0) is 63.1 Å². The van der Waals surface area contributed by atoms with Crippen molar-refractivity contribution in [1.82, 2.24) is 9.55 Å². The highest BCUT2D eigenvalue weighted by Gasteiger charge is 2.61. The summed E-state index contributed by atoms with van der Waals surface area (Å²) in [6.07, 6.45) is -1.31. The fraction of sp³-hybridized carbons (Fsp3) is 0.846. The van der Waals surface area contributed by atoms with Crippen molar-refractivity contribution in [2.75, 3.05) is 25.3 Å². The van der Waals surface area contributed by atoms with Crippen LogP contribution >= 0.6 is 7.60 Å². The molecular formula is C26H52N3O8PSi2. The topological polar surface area (TPSA) is 133 Å². The largest absolute Gasteiger partial charge is 0.406 e. The van der Waals surface area contributed by atoms with Crippen LogP contribution in [0.3, 0.4) is 0 Å². The molecule has 0 spiro atoms. The monoisotopic (exact) mass is 621 g/mol. The Morgan fingerprint density at radius 2 is 1.52 bits per heavy atom. The summed E-state index contributed by atoms with van der Waals surface area (Å²) in [5.41, 5.74) is 5.21. The van der Waals surface area contributed by atoms with Crippen LogP contribution in [0.5, 0.6) is 0 Å². The molecule has 11 nitrogen and oxygen atoms in total. The van der Waals surface area contributed by atoms with Gasteiger partial charge in [0.1, 0.15) is 18.0 Å². The summed E-state index contributed by atoms with van der Waals surface area (Å²) in [7, 11) is -8.50. The molecule has 0 radical (unpaired) electrons. The summed E-state index contributed by atoms with van der Waals surface area (Å²) < 4.78 is 52.6. The van der Waals surface area contributed by atoms with Gasteiger partial charge in [0.25, 0.3) is 0 Å². The van der Waals surface area contributed by atoms with Gasteiger partial charge in [-0.1, -0.05) is 41.5 Å². The first-order valence-corrected chi connectivity index (χ1v) is 21.5. The molecule has 2 N–H and O–H groups in total. The van der Waals surface area contributed by atoms with Crippen molar-refractivity contribution in [2.45, 2.75) is 123 Å². The Balaban J connectivity index is 2.72. The lowest BCUT2D eigenvalue weighted by Gasteiger charge is -2.45. The molecule has 2 rings (SSSR count). The van der Waals surface area contributed by atoms with Gasteiger partial charge in [-0.2, -0.15) is 4.98 Å². The number of nitrogens with zero attached hydrogens (tertiary/aromatic N) is 2. The molecule has 1 aromatic heterocycles. The van der Waals surface area contributed by atoms with Crippen molar-refractivity contribution in [3.8, 4) is 0 Å². The SMILES string of the molecule is CCOP(=O)(CO[C@@]1(C)O[C@@H](n2ccc(N)nc2=O)[C@H](O[Si](C)(C)C(C)(C)C)[C@@H]1O[Si](C)(C)C(C)(C)C)OCC. The summed E-state index contributed by atoms with van der Waals surface area (Å²) >= 11 is 0. The van der Waals surface area contributed by atoms with Crippen LogP contribution in [0.15, 0.2) is 17.1 Å². The molecule has 1 aliphatic rings. The summed E-state index contributed by atoms with van der Waals surface area (Å²) in [6, 6.07) is 1.53. The second-order valence-electron chi connectivity index (χ2n) is 13.4.